The van der Waals surface area contributed by atoms with Crippen molar-refractivity contribution in [2.75, 3.05) is 26.2 Å². The number of amides is 2. The van der Waals surface area contributed by atoms with E-state index in [1.54, 1.807) is 24.3 Å². The lowest BCUT2D eigenvalue weighted by molar-refractivity contribution is -0.139. The summed E-state index contributed by atoms with van der Waals surface area (Å²) in [5.41, 5.74) is 7.60. The average Bonchev–Trinajstić information content (AvgIpc) is 3.61. The van der Waals surface area contributed by atoms with E-state index in [9.17, 15) is 18.4 Å². The molecule has 0 spiro atoms. The Kier molecular flexibility index (Phi) is 7.46. The smallest absolute Gasteiger partial charge is 0.244 e. The molecule has 2 amide bonds. The van der Waals surface area contributed by atoms with Crippen LogP contribution in [-0.2, 0) is 9.59 Å². The van der Waals surface area contributed by atoms with Gasteiger partial charge >= 0.3 is 0 Å². The van der Waals surface area contributed by atoms with Crippen LogP contribution in [0.1, 0.15) is 54.5 Å². The molecule has 38 heavy (non-hydrogen) atoms. The number of alkyl halides is 1. The minimum absolute atomic E-state index is 0.141. The van der Waals surface area contributed by atoms with Crippen molar-refractivity contribution in [1.82, 2.24) is 25.1 Å². The summed E-state index contributed by atoms with van der Waals surface area (Å²) < 4.78 is 29.3. The Morgan fingerprint density at radius 3 is 2.55 bits per heavy atom. The number of hydrogen-bond acceptors (Lipinski definition) is 7. The summed E-state index contributed by atoms with van der Waals surface area (Å²) >= 11 is 0. The summed E-state index contributed by atoms with van der Waals surface area (Å²) in [6.45, 7) is 1.18. The predicted molar refractivity (Wildman–Crippen MR) is 137 cm³/mol. The Bertz CT molecular complexity index is 1200. The van der Waals surface area contributed by atoms with Gasteiger partial charge in [-0.2, -0.15) is 4.39 Å². The molecule has 11 heteroatoms. The Labute approximate surface area is 220 Å². The first kappa shape index (κ1) is 25.9. The number of halogens is 2. The van der Waals surface area contributed by atoms with E-state index in [0.717, 1.165) is 37.4 Å². The number of carbonyl (C=O) groups is 2. The Morgan fingerprint density at radius 2 is 1.92 bits per heavy atom. The van der Waals surface area contributed by atoms with Gasteiger partial charge in [-0.15, -0.1) is 0 Å². The molecule has 5 rings (SSSR count). The quantitative estimate of drug-likeness (QED) is 0.260. The fourth-order valence-corrected chi connectivity index (χ4v) is 4.96. The zero-order valence-corrected chi connectivity index (χ0v) is 21.1. The summed E-state index contributed by atoms with van der Waals surface area (Å²) in [6.07, 6.45) is 2.88. The Hall–Kier alpha value is -3.73. The van der Waals surface area contributed by atoms with Gasteiger partial charge in [0.1, 0.15) is 24.6 Å². The van der Waals surface area contributed by atoms with E-state index < -0.39 is 36.0 Å². The van der Waals surface area contributed by atoms with Crippen LogP contribution >= 0.6 is 0 Å². The molecule has 0 radical (unpaired) electrons. The highest BCUT2D eigenvalue weighted by atomic mass is 19.1. The fraction of sp³-hybridized carbons (Fsp3) is 0.444. The lowest BCUT2D eigenvalue weighted by Crippen LogP contribution is -2.50. The zero-order valence-electron chi connectivity index (χ0n) is 21.1. The molecule has 1 aliphatic carbocycles. The lowest BCUT2D eigenvalue weighted by Gasteiger charge is -2.34. The van der Waals surface area contributed by atoms with Crippen molar-refractivity contribution < 1.29 is 18.4 Å². The molecule has 0 bridgehead atoms. The van der Waals surface area contributed by atoms with E-state index in [1.165, 1.54) is 11.1 Å². The Balaban J connectivity index is 1.32. The third-order valence-electron chi connectivity index (χ3n) is 7.34. The first-order valence-electron chi connectivity index (χ1n) is 13.0. The van der Waals surface area contributed by atoms with E-state index >= 15 is 0 Å². The van der Waals surface area contributed by atoms with Crippen LogP contribution in [0.15, 0.2) is 54.5 Å². The standard InChI is InChI=1S/C27H33F2N7O2/c28-19-13-22(36(14-19)24(37)16-35(31)15-23(30)34-11-4-12-34)27(38)33-25(18-5-2-1-3-6-18)21-10-9-20(17-7-8-17)26(29)32-21/h1-3,5-6,9-10,15,17,19,22,25H,4,7-8,11-14,16,30-31H2,(H,33,38)/b23-15+/t19-,22+,25+/m1/s1. The van der Waals surface area contributed by atoms with Gasteiger partial charge in [-0.3, -0.25) is 9.59 Å². The van der Waals surface area contributed by atoms with Crippen molar-refractivity contribution >= 4 is 11.8 Å². The molecule has 2 saturated heterocycles. The van der Waals surface area contributed by atoms with Crippen LogP contribution in [-0.4, -0.2) is 70.0 Å². The number of benzene rings is 1. The third-order valence-corrected chi connectivity index (χ3v) is 7.34. The van der Waals surface area contributed by atoms with E-state index in [4.69, 9.17) is 11.6 Å². The van der Waals surface area contributed by atoms with Gasteiger partial charge in [0.05, 0.1) is 24.5 Å². The van der Waals surface area contributed by atoms with Crippen molar-refractivity contribution in [3.8, 4) is 0 Å². The molecule has 1 saturated carbocycles. The molecule has 3 fully saturated rings. The Morgan fingerprint density at radius 1 is 1.18 bits per heavy atom. The summed E-state index contributed by atoms with van der Waals surface area (Å²) in [4.78, 5) is 33.8. The SMILES string of the molecule is N/C(=C\N(N)CC(=O)N1C[C@H](F)C[C@H]1C(=O)N[C@@H](c1ccccc1)c1ccc(C2CC2)c(F)n1)N1CCC1. The molecule has 3 aliphatic rings. The molecule has 202 valence electrons. The summed E-state index contributed by atoms with van der Waals surface area (Å²) in [5, 5.41) is 4.04. The maximum absolute atomic E-state index is 14.8. The normalized spacial score (nSPS) is 22.1. The zero-order chi connectivity index (χ0) is 26.8. The molecular weight excluding hydrogens is 492 g/mol. The van der Waals surface area contributed by atoms with Gasteiger partial charge in [-0.25, -0.2) is 15.2 Å². The first-order chi connectivity index (χ1) is 18.3. The molecule has 1 aromatic carbocycles. The van der Waals surface area contributed by atoms with Gasteiger partial charge in [-0.05, 0) is 36.8 Å². The van der Waals surface area contributed by atoms with Crippen LogP contribution in [0.3, 0.4) is 0 Å². The van der Waals surface area contributed by atoms with Crippen LogP contribution in [0.5, 0.6) is 0 Å². The molecule has 5 N–H and O–H groups in total. The van der Waals surface area contributed by atoms with Gasteiger partial charge in [0.25, 0.3) is 0 Å². The van der Waals surface area contributed by atoms with Gasteiger partial charge < -0.3 is 25.9 Å². The first-order valence-corrected chi connectivity index (χ1v) is 13.0. The highest BCUT2D eigenvalue weighted by molar-refractivity contribution is 5.89. The largest absolute Gasteiger partial charge is 0.384 e. The van der Waals surface area contributed by atoms with E-state index in [-0.39, 0.29) is 25.4 Å². The van der Waals surface area contributed by atoms with Gasteiger partial charge in [-0.1, -0.05) is 36.4 Å². The molecule has 3 heterocycles. The molecule has 2 aromatic rings. The van der Waals surface area contributed by atoms with Crippen molar-refractivity contribution in [3.05, 3.63) is 77.3 Å². The van der Waals surface area contributed by atoms with Gasteiger partial charge in [0, 0.05) is 25.1 Å². The third kappa shape index (κ3) is 5.72. The molecule has 2 aliphatic heterocycles. The molecule has 9 nitrogen and oxygen atoms in total. The van der Waals surface area contributed by atoms with Crippen LogP contribution in [0.2, 0.25) is 0 Å². The molecule has 1 aromatic heterocycles. The second kappa shape index (κ2) is 10.9. The molecular formula is C27H33F2N7O2. The number of pyridine rings is 1. The summed E-state index contributed by atoms with van der Waals surface area (Å²) in [5.74, 6) is 5.03. The molecule has 0 unspecified atom stereocenters. The number of hydrazine groups is 1. The predicted octanol–water partition coefficient (Wildman–Crippen LogP) is 1.88. The maximum Gasteiger partial charge on any atom is 0.244 e. The van der Waals surface area contributed by atoms with Crippen molar-refractivity contribution in [3.63, 3.8) is 0 Å². The van der Waals surface area contributed by atoms with Crippen molar-refractivity contribution in [2.45, 2.75) is 49.9 Å². The highest BCUT2D eigenvalue weighted by Gasteiger charge is 2.41. The molecule has 3 atom stereocenters. The number of hydrogen-bond donors (Lipinski definition) is 3. The van der Waals surface area contributed by atoms with Gasteiger partial charge in [0.15, 0.2) is 0 Å². The summed E-state index contributed by atoms with van der Waals surface area (Å²) in [7, 11) is 0. The van der Waals surface area contributed by atoms with E-state index in [2.05, 4.69) is 10.3 Å². The number of nitrogens with zero attached hydrogens (tertiary/aromatic N) is 4. The topological polar surface area (TPSA) is 121 Å². The summed E-state index contributed by atoms with van der Waals surface area (Å²) in [6, 6.07) is 10.7. The monoisotopic (exact) mass is 525 g/mol. The minimum Gasteiger partial charge on any atom is -0.384 e. The second-order valence-electron chi connectivity index (χ2n) is 10.2. The number of nitrogens with two attached hydrogens (primary N) is 2. The maximum atomic E-state index is 14.8. The van der Waals surface area contributed by atoms with Crippen molar-refractivity contribution in [1.29, 1.82) is 0 Å². The van der Waals surface area contributed by atoms with Crippen molar-refractivity contribution in [2.24, 2.45) is 11.6 Å². The van der Waals surface area contributed by atoms with Crippen LogP contribution < -0.4 is 16.9 Å². The van der Waals surface area contributed by atoms with E-state index in [0.29, 0.717) is 22.6 Å². The average molecular weight is 526 g/mol. The number of nitrogens with one attached hydrogen (secondary N) is 1. The fourth-order valence-electron chi connectivity index (χ4n) is 4.96. The van der Waals surface area contributed by atoms with E-state index in [1.807, 2.05) is 23.1 Å². The minimum atomic E-state index is -1.36. The second-order valence-corrected chi connectivity index (χ2v) is 10.2. The number of carbonyl (C=O) groups excluding carboxylic acids is 2. The van der Waals surface area contributed by atoms with Crippen LogP contribution in [0.4, 0.5) is 8.78 Å². The van der Waals surface area contributed by atoms with Crippen LogP contribution in [0, 0.1) is 5.95 Å². The van der Waals surface area contributed by atoms with Gasteiger partial charge in [0.2, 0.25) is 17.8 Å². The lowest BCUT2D eigenvalue weighted by atomic mass is 10.0. The number of rotatable bonds is 9. The highest BCUT2D eigenvalue weighted by Crippen LogP contribution is 2.41. The van der Waals surface area contributed by atoms with Crippen LogP contribution in [0.25, 0.3) is 0 Å². The number of aromatic nitrogens is 1. The number of likely N-dealkylation sites (tertiary alicyclic amines) is 2.